The van der Waals surface area contributed by atoms with Crippen molar-refractivity contribution in [1.29, 1.82) is 0 Å². The highest BCUT2D eigenvalue weighted by Gasteiger charge is 2.33. The molecule has 0 saturated carbocycles. The van der Waals surface area contributed by atoms with E-state index < -0.39 is 28.6 Å². The molecule has 1 aromatic carbocycles. The lowest BCUT2D eigenvalue weighted by Gasteiger charge is -2.11. The minimum absolute atomic E-state index is 0.0368. The maximum absolute atomic E-state index is 13.0. The second kappa shape index (κ2) is 12.5. The molecule has 2 aromatic heterocycles. The summed E-state index contributed by atoms with van der Waals surface area (Å²) in [5.74, 6) is -1.18. The van der Waals surface area contributed by atoms with Gasteiger partial charge in [-0.1, -0.05) is 23.2 Å². The van der Waals surface area contributed by atoms with E-state index >= 15 is 0 Å². The predicted octanol–water partition coefficient (Wildman–Crippen LogP) is 4.77. The van der Waals surface area contributed by atoms with Gasteiger partial charge in [-0.2, -0.15) is 13.2 Å². The van der Waals surface area contributed by atoms with Gasteiger partial charge in [-0.25, -0.2) is 15.0 Å². The van der Waals surface area contributed by atoms with Crippen LogP contribution in [0.5, 0.6) is 5.88 Å². The molecular weight excluding hydrogens is 556 g/mol. The van der Waals surface area contributed by atoms with Crippen LogP contribution in [0, 0.1) is 0 Å². The second-order valence-corrected chi connectivity index (χ2v) is 9.69. The van der Waals surface area contributed by atoms with Crippen molar-refractivity contribution in [3.63, 3.8) is 0 Å². The molecule has 37 heavy (non-hydrogen) atoms. The summed E-state index contributed by atoms with van der Waals surface area (Å²) >= 11 is 12.8. The van der Waals surface area contributed by atoms with Gasteiger partial charge in [0.2, 0.25) is 5.88 Å². The number of nitrogens with one attached hydrogen (secondary N) is 2. The van der Waals surface area contributed by atoms with Crippen molar-refractivity contribution >= 4 is 52.0 Å². The number of halogens is 5. The predicted molar refractivity (Wildman–Crippen MR) is 133 cm³/mol. The molecule has 2 N–H and O–H groups in total. The summed E-state index contributed by atoms with van der Waals surface area (Å²) in [6.07, 6.45) is -1.52. The molecule has 2 heterocycles. The number of hydrogen-bond donors (Lipinski definition) is 2. The van der Waals surface area contributed by atoms with Gasteiger partial charge in [0.15, 0.2) is 5.69 Å². The lowest BCUT2D eigenvalue weighted by molar-refractivity contribution is -0.137. The fourth-order valence-corrected chi connectivity index (χ4v) is 4.13. The van der Waals surface area contributed by atoms with Crippen molar-refractivity contribution in [3.05, 3.63) is 61.9 Å². The summed E-state index contributed by atoms with van der Waals surface area (Å²) in [5.41, 5.74) is -1.23. The van der Waals surface area contributed by atoms with Crippen LogP contribution in [0.1, 0.15) is 37.2 Å². The Hall–Kier alpha value is -3.00. The van der Waals surface area contributed by atoms with Gasteiger partial charge < -0.3 is 20.3 Å². The van der Waals surface area contributed by atoms with Crippen LogP contribution in [0.25, 0.3) is 0 Å². The topological polar surface area (TPSA) is 109 Å². The van der Waals surface area contributed by atoms with Crippen molar-refractivity contribution in [1.82, 2.24) is 25.2 Å². The van der Waals surface area contributed by atoms with Gasteiger partial charge in [0, 0.05) is 12.2 Å². The van der Waals surface area contributed by atoms with Gasteiger partial charge in [0.1, 0.15) is 21.2 Å². The standard InChI is InChI=1S/C22H21Cl2F3N6O3S/c1-33(2)6-3-7-36-21-17(24)18(30-11-31-21)20(35)29-10-16-28-9-15(37-16)19(34)32-12-4-5-14(23)13(8-12)22(25,26)27/h4-5,8-9,11H,3,6-7,10H2,1-2H3,(H,29,35)(H,32,34). The Morgan fingerprint density at radius 2 is 1.89 bits per heavy atom. The number of carbonyl (C=O) groups excluding carboxylic acids is 2. The number of carbonyl (C=O) groups is 2. The summed E-state index contributed by atoms with van der Waals surface area (Å²) in [6, 6.07) is 3.05. The van der Waals surface area contributed by atoms with Crippen LogP contribution in [-0.4, -0.2) is 58.9 Å². The smallest absolute Gasteiger partial charge is 0.417 e. The van der Waals surface area contributed by atoms with Crippen LogP contribution < -0.4 is 15.4 Å². The van der Waals surface area contributed by atoms with E-state index in [1.165, 1.54) is 12.3 Å². The number of benzene rings is 1. The molecule has 198 valence electrons. The van der Waals surface area contributed by atoms with Gasteiger partial charge in [-0.05, 0) is 38.7 Å². The van der Waals surface area contributed by atoms with Crippen LogP contribution in [0.15, 0.2) is 30.7 Å². The third-order valence-electron chi connectivity index (χ3n) is 4.67. The van der Waals surface area contributed by atoms with Crippen molar-refractivity contribution in [2.45, 2.75) is 19.1 Å². The lowest BCUT2D eigenvalue weighted by Crippen LogP contribution is -2.24. The van der Waals surface area contributed by atoms with E-state index in [-0.39, 0.29) is 33.7 Å². The number of thiazole rings is 1. The number of nitrogens with zero attached hydrogens (tertiary/aromatic N) is 4. The molecule has 0 aliphatic carbocycles. The second-order valence-electron chi connectivity index (χ2n) is 7.79. The third-order valence-corrected chi connectivity index (χ3v) is 6.33. The van der Waals surface area contributed by atoms with Gasteiger partial charge >= 0.3 is 6.18 Å². The summed E-state index contributed by atoms with van der Waals surface area (Å²) in [4.78, 5) is 39.1. The monoisotopic (exact) mass is 576 g/mol. The molecule has 0 fully saturated rings. The molecule has 0 unspecified atom stereocenters. The number of alkyl halides is 3. The molecule has 2 amide bonds. The molecule has 0 aliphatic rings. The van der Waals surface area contributed by atoms with E-state index in [4.69, 9.17) is 27.9 Å². The van der Waals surface area contributed by atoms with E-state index in [1.807, 2.05) is 19.0 Å². The maximum Gasteiger partial charge on any atom is 0.417 e. The quantitative estimate of drug-likeness (QED) is 0.334. The van der Waals surface area contributed by atoms with E-state index in [2.05, 4.69) is 25.6 Å². The largest absolute Gasteiger partial charge is 0.476 e. The number of ether oxygens (including phenoxy) is 1. The fourth-order valence-electron chi connectivity index (χ4n) is 2.91. The average Bonchev–Trinajstić information content (AvgIpc) is 3.31. The Morgan fingerprint density at radius 1 is 1.14 bits per heavy atom. The Kier molecular flexibility index (Phi) is 9.65. The zero-order chi connectivity index (χ0) is 27.2. The van der Waals surface area contributed by atoms with Crippen molar-refractivity contribution in [2.75, 3.05) is 32.6 Å². The first kappa shape index (κ1) is 28.6. The molecular formula is C22H21Cl2F3N6O3S. The summed E-state index contributed by atoms with van der Waals surface area (Å²) in [5, 5.41) is 4.83. The van der Waals surface area contributed by atoms with Gasteiger partial charge in [-0.3, -0.25) is 9.59 Å². The molecule has 0 aliphatic heterocycles. The average molecular weight is 577 g/mol. The van der Waals surface area contributed by atoms with E-state index in [0.717, 1.165) is 42.8 Å². The van der Waals surface area contributed by atoms with Gasteiger partial charge in [0.05, 0.1) is 29.9 Å². The Bertz CT molecular complexity index is 1270. The first-order valence-electron chi connectivity index (χ1n) is 10.6. The van der Waals surface area contributed by atoms with Crippen LogP contribution in [0.4, 0.5) is 18.9 Å². The van der Waals surface area contributed by atoms with E-state index in [1.54, 1.807) is 0 Å². The highest BCUT2D eigenvalue weighted by Crippen LogP contribution is 2.36. The van der Waals surface area contributed by atoms with Crippen LogP contribution in [0.2, 0.25) is 10.0 Å². The maximum atomic E-state index is 13.0. The molecule has 3 aromatic rings. The fraction of sp³-hybridized carbons (Fsp3) is 0.318. The number of aromatic nitrogens is 3. The van der Waals surface area contributed by atoms with Gasteiger partial charge in [-0.15, -0.1) is 11.3 Å². The Morgan fingerprint density at radius 3 is 2.59 bits per heavy atom. The van der Waals surface area contributed by atoms with Gasteiger partial charge in [0.25, 0.3) is 11.8 Å². The van der Waals surface area contributed by atoms with E-state index in [0.29, 0.717) is 11.6 Å². The molecule has 0 saturated heterocycles. The van der Waals surface area contributed by atoms with Crippen LogP contribution >= 0.6 is 34.5 Å². The number of rotatable bonds is 10. The van der Waals surface area contributed by atoms with Crippen molar-refractivity contribution < 1.29 is 27.5 Å². The molecule has 0 radical (unpaired) electrons. The third kappa shape index (κ3) is 7.99. The van der Waals surface area contributed by atoms with Crippen LogP contribution in [-0.2, 0) is 12.7 Å². The molecule has 15 heteroatoms. The van der Waals surface area contributed by atoms with Crippen molar-refractivity contribution in [3.8, 4) is 5.88 Å². The highest BCUT2D eigenvalue weighted by molar-refractivity contribution is 7.13. The molecule has 0 atom stereocenters. The summed E-state index contributed by atoms with van der Waals surface area (Å²) in [6.45, 7) is 1.11. The summed E-state index contributed by atoms with van der Waals surface area (Å²) < 4.78 is 44.7. The molecule has 0 spiro atoms. The lowest BCUT2D eigenvalue weighted by atomic mass is 10.2. The zero-order valence-corrected chi connectivity index (χ0v) is 21.9. The Labute approximate surface area is 224 Å². The first-order valence-corrected chi connectivity index (χ1v) is 12.2. The Balaban J connectivity index is 1.58. The minimum atomic E-state index is -4.67. The molecule has 0 bridgehead atoms. The number of anilines is 1. The minimum Gasteiger partial charge on any atom is -0.476 e. The normalized spacial score (nSPS) is 11.5. The SMILES string of the molecule is CN(C)CCCOc1ncnc(C(=O)NCc2ncc(C(=O)Nc3ccc(Cl)c(C(F)(F)F)c3)s2)c1Cl. The first-order chi connectivity index (χ1) is 17.5. The molecule has 3 rings (SSSR count). The number of amides is 2. The zero-order valence-electron chi connectivity index (χ0n) is 19.5. The van der Waals surface area contributed by atoms with Crippen LogP contribution in [0.3, 0.4) is 0 Å². The van der Waals surface area contributed by atoms with Crippen molar-refractivity contribution in [2.24, 2.45) is 0 Å². The summed E-state index contributed by atoms with van der Waals surface area (Å²) in [7, 11) is 3.87. The molecule has 9 nitrogen and oxygen atoms in total. The highest BCUT2D eigenvalue weighted by atomic mass is 35.5. The van der Waals surface area contributed by atoms with E-state index in [9.17, 15) is 22.8 Å². The number of hydrogen-bond acceptors (Lipinski definition) is 8.